The highest BCUT2D eigenvalue weighted by Crippen LogP contribution is 2.24. The molecule has 2 aromatic carbocycles. The summed E-state index contributed by atoms with van der Waals surface area (Å²) in [6.07, 6.45) is 1.48. The van der Waals surface area contributed by atoms with Crippen LogP contribution in [0.4, 0.5) is 5.69 Å². The Morgan fingerprint density at radius 2 is 1.59 bits per heavy atom. The van der Waals surface area contributed by atoms with E-state index in [2.05, 4.69) is 5.32 Å². The normalized spacial score (nSPS) is 12.1. The first-order valence-corrected chi connectivity index (χ1v) is 14.1. The Morgan fingerprint density at radius 1 is 0.973 bits per heavy atom. The Labute approximate surface area is 220 Å². The van der Waals surface area contributed by atoms with Crippen molar-refractivity contribution in [1.82, 2.24) is 10.2 Å². The average Bonchev–Trinajstić information content (AvgIpc) is 2.87. The maximum absolute atomic E-state index is 13.4. The van der Waals surface area contributed by atoms with Gasteiger partial charge in [-0.2, -0.15) is 0 Å². The van der Waals surface area contributed by atoms with Gasteiger partial charge in [-0.1, -0.05) is 32.0 Å². The molecule has 0 aliphatic rings. The highest BCUT2D eigenvalue weighted by atomic mass is 32.2. The van der Waals surface area contributed by atoms with Crippen LogP contribution in [0.25, 0.3) is 0 Å². The van der Waals surface area contributed by atoms with Crippen molar-refractivity contribution in [3.63, 3.8) is 0 Å². The largest absolute Gasteiger partial charge is 0.497 e. The van der Waals surface area contributed by atoms with Crippen LogP contribution in [0.15, 0.2) is 48.5 Å². The molecule has 2 aromatic rings. The second kappa shape index (κ2) is 13.9. The van der Waals surface area contributed by atoms with Gasteiger partial charge in [0.1, 0.15) is 17.5 Å². The fourth-order valence-corrected chi connectivity index (χ4v) is 4.73. The van der Waals surface area contributed by atoms with Gasteiger partial charge >= 0.3 is 0 Å². The van der Waals surface area contributed by atoms with E-state index in [9.17, 15) is 18.0 Å². The van der Waals surface area contributed by atoms with Crippen molar-refractivity contribution in [2.24, 2.45) is 5.92 Å². The minimum Gasteiger partial charge on any atom is -0.497 e. The Bertz CT molecular complexity index is 1150. The van der Waals surface area contributed by atoms with Crippen LogP contribution < -0.4 is 19.1 Å². The summed E-state index contributed by atoms with van der Waals surface area (Å²) >= 11 is 0. The van der Waals surface area contributed by atoms with Gasteiger partial charge in [-0.15, -0.1) is 0 Å². The fraction of sp³-hybridized carbons (Fsp3) is 0.481. The van der Waals surface area contributed by atoms with E-state index in [-0.39, 0.29) is 43.7 Å². The Hall–Kier alpha value is -3.27. The summed E-state index contributed by atoms with van der Waals surface area (Å²) in [5, 5.41) is 2.90. The van der Waals surface area contributed by atoms with Gasteiger partial charge < -0.3 is 19.7 Å². The van der Waals surface area contributed by atoms with Gasteiger partial charge in [-0.3, -0.25) is 13.9 Å². The smallest absolute Gasteiger partial charge is 0.242 e. The molecule has 0 aliphatic heterocycles. The molecule has 0 bridgehead atoms. The van der Waals surface area contributed by atoms with Gasteiger partial charge in [0.2, 0.25) is 21.8 Å². The number of methoxy groups -OCH3 is 2. The molecule has 1 N–H and O–H groups in total. The van der Waals surface area contributed by atoms with Crippen LogP contribution in [0.3, 0.4) is 0 Å². The number of nitrogens with one attached hydrogen (secondary N) is 1. The van der Waals surface area contributed by atoms with E-state index < -0.39 is 16.1 Å². The monoisotopic (exact) mass is 533 g/mol. The van der Waals surface area contributed by atoms with E-state index in [0.29, 0.717) is 23.7 Å². The number of hydrogen-bond donors (Lipinski definition) is 1. The Morgan fingerprint density at radius 3 is 2.19 bits per heavy atom. The molecule has 2 amide bonds. The van der Waals surface area contributed by atoms with Gasteiger partial charge in [0, 0.05) is 32.1 Å². The zero-order chi connectivity index (χ0) is 27.6. The summed E-state index contributed by atoms with van der Waals surface area (Å²) in [5.41, 5.74) is 1.29. The zero-order valence-electron chi connectivity index (χ0n) is 22.6. The topological polar surface area (TPSA) is 105 Å². The zero-order valence-corrected chi connectivity index (χ0v) is 23.4. The molecule has 1 unspecified atom stereocenters. The molecule has 0 aromatic heterocycles. The van der Waals surface area contributed by atoms with Crippen LogP contribution in [0.5, 0.6) is 11.5 Å². The van der Waals surface area contributed by atoms with Crippen LogP contribution in [-0.2, 0) is 26.2 Å². The molecule has 1 atom stereocenters. The lowest BCUT2D eigenvalue weighted by atomic mass is 10.1. The summed E-state index contributed by atoms with van der Waals surface area (Å²) in [7, 11) is -0.507. The molecule has 10 heteroatoms. The lowest BCUT2D eigenvalue weighted by Gasteiger charge is -2.30. The SMILES string of the molecule is COc1cccc(CN(C(=O)CCCN(c2cccc(OC)c2)S(C)(=O)=O)C(C)C(=O)NCC(C)C)c1. The fourth-order valence-electron chi connectivity index (χ4n) is 3.77. The highest BCUT2D eigenvalue weighted by molar-refractivity contribution is 7.92. The molecule has 37 heavy (non-hydrogen) atoms. The van der Waals surface area contributed by atoms with Crippen molar-refractivity contribution in [1.29, 1.82) is 0 Å². The van der Waals surface area contributed by atoms with Crippen LogP contribution in [-0.4, -0.2) is 64.7 Å². The first-order chi connectivity index (χ1) is 17.5. The van der Waals surface area contributed by atoms with Crippen LogP contribution in [0.2, 0.25) is 0 Å². The highest BCUT2D eigenvalue weighted by Gasteiger charge is 2.27. The summed E-state index contributed by atoms with van der Waals surface area (Å²) in [6, 6.07) is 13.4. The van der Waals surface area contributed by atoms with Gasteiger partial charge in [-0.25, -0.2) is 8.42 Å². The molecule has 0 fully saturated rings. The first kappa shape index (κ1) is 30.0. The average molecular weight is 534 g/mol. The number of benzene rings is 2. The Kier molecular flexibility index (Phi) is 11.2. The molecule has 9 nitrogen and oxygen atoms in total. The predicted molar refractivity (Wildman–Crippen MR) is 145 cm³/mol. The number of carbonyl (C=O) groups is 2. The van der Waals surface area contributed by atoms with Crippen molar-refractivity contribution in [2.75, 3.05) is 37.9 Å². The lowest BCUT2D eigenvalue weighted by molar-refractivity contribution is -0.140. The molecule has 0 radical (unpaired) electrons. The molecule has 0 aliphatic carbocycles. The van der Waals surface area contributed by atoms with Gasteiger partial charge in [0.05, 0.1) is 26.2 Å². The van der Waals surface area contributed by atoms with E-state index in [1.165, 1.54) is 16.3 Å². The van der Waals surface area contributed by atoms with E-state index in [1.54, 1.807) is 38.3 Å². The Balaban J connectivity index is 2.19. The maximum atomic E-state index is 13.4. The van der Waals surface area contributed by atoms with Gasteiger partial charge in [0.25, 0.3) is 0 Å². The number of amides is 2. The van der Waals surface area contributed by atoms with E-state index in [0.717, 1.165) is 11.8 Å². The number of nitrogens with zero attached hydrogens (tertiary/aromatic N) is 2. The first-order valence-electron chi connectivity index (χ1n) is 12.3. The van der Waals surface area contributed by atoms with Gasteiger partial charge in [0.15, 0.2) is 0 Å². The van der Waals surface area contributed by atoms with Crippen molar-refractivity contribution in [2.45, 2.75) is 46.2 Å². The molecule has 2 rings (SSSR count). The summed E-state index contributed by atoms with van der Waals surface area (Å²) in [4.78, 5) is 27.7. The van der Waals surface area contributed by atoms with Crippen LogP contribution >= 0.6 is 0 Å². The molecule has 0 spiro atoms. The van der Waals surface area contributed by atoms with Crippen molar-refractivity contribution in [3.8, 4) is 11.5 Å². The minimum absolute atomic E-state index is 0.0712. The van der Waals surface area contributed by atoms with Crippen molar-refractivity contribution in [3.05, 3.63) is 54.1 Å². The summed E-state index contributed by atoms with van der Waals surface area (Å²) in [5.74, 6) is 0.988. The number of rotatable bonds is 14. The number of anilines is 1. The quantitative estimate of drug-likeness (QED) is 0.399. The maximum Gasteiger partial charge on any atom is 0.242 e. The number of hydrogen-bond acceptors (Lipinski definition) is 6. The van der Waals surface area contributed by atoms with E-state index in [4.69, 9.17) is 9.47 Å². The molecule has 204 valence electrons. The second-order valence-corrected chi connectivity index (χ2v) is 11.2. The van der Waals surface area contributed by atoms with E-state index >= 15 is 0 Å². The van der Waals surface area contributed by atoms with Crippen LogP contribution in [0.1, 0.15) is 39.2 Å². The molecular formula is C27H39N3O6S. The lowest BCUT2D eigenvalue weighted by Crippen LogP contribution is -2.48. The molecule has 0 heterocycles. The van der Waals surface area contributed by atoms with Crippen LogP contribution in [0, 0.1) is 5.92 Å². The van der Waals surface area contributed by atoms with E-state index in [1.807, 2.05) is 38.1 Å². The van der Waals surface area contributed by atoms with Crippen molar-refractivity contribution < 1.29 is 27.5 Å². The van der Waals surface area contributed by atoms with Gasteiger partial charge in [-0.05, 0) is 49.1 Å². The predicted octanol–water partition coefficient (Wildman–Crippen LogP) is 3.44. The third kappa shape index (κ3) is 9.27. The number of carbonyl (C=O) groups excluding carboxylic acids is 2. The molecular weight excluding hydrogens is 494 g/mol. The number of sulfonamides is 1. The van der Waals surface area contributed by atoms with Crippen molar-refractivity contribution >= 4 is 27.5 Å². The second-order valence-electron chi connectivity index (χ2n) is 9.33. The minimum atomic E-state index is -3.59. The third-order valence-corrected chi connectivity index (χ3v) is 7.03. The molecule has 0 saturated carbocycles. The third-order valence-electron chi connectivity index (χ3n) is 5.83. The summed E-state index contributed by atoms with van der Waals surface area (Å²) < 4.78 is 36.8. The summed E-state index contributed by atoms with van der Waals surface area (Å²) in [6.45, 7) is 6.54. The standard InChI is InChI=1S/C27H39N3O6S/c1-20(2)18-28-27(32)21(3)29(19-22-10-7-12-24(16-22)35-4)26(31)14-9-15-30(37(6,33)34)23-11-8-13-25(17-23)36-5/h7-8,10-13,16-17,20-21H,9,14-15,18-19H2,1-6H3,(H,28,32). The number of ether oxygens (including phenoxy) is 2. The molecule has 0 saturated heterocycles.